The number of esters is 1. The summed E-state index contributed by atoms with van der Waals surface area (Å²) in [6.45, 7) is 1.48. The summed E-state index contributed by atoms with van der Waals surface area (Å²) in [6, 6.07) is 5.57. The summed E-state index contributed by atoms with van der Waals surface area (Å²) >= 11 is 0. The third-order valence-electron chi connectivity index (χ3n) is 2.80. The van der Waals surface area contributed by atoms with Crippen molar-refractivity contribution in [1.29, 1.82) is 0 Å². The minimum absolute atomic E-state index is 0.0284. The predicted octanol–water partition coefficient (Wildman–Crippen LogP) is 2.63. The molecular weight excluding hydrogens is 301 g/mol. The molecule has 1 aromatic heterocycles. The number of carbonyl (C=O) groups excluding carboxylic acids is 1. The lowest BCUT2D eigenvalue weighted by molar-refractivity contribution is -0.138. The molecule has 1 aromatic carbocycles. The topological polar surface area (TPSA) is 72.1 Å². The second kappa shape index (κ2) is 6.00. The van der Waals surface area contributed by atoms with Gasteiger partial charge in [-0.05, 0) is 25.1 Å². The Kier molecular flexibility index (Phi) is 4.30. The van der Waals surface area contributed by atoms with Crippen LogP contribution in [0.25, 0.3) is 11.3 Å². The number of hydrogen-bond acceptors (Lipinski definition) is 4. The monoisotopic (exact) mass is 312 g/mol. The van der Waals surface area contributed by atoms with Gasteiger partial charge in [-0.15, -0.1) is 0 Å². The van der Waals surface area contributed by atoms with E-state index in [0.717, 1.165) is 18.2 Å². The second-order valence-corrected chi connectivity index (χ2v) is 4.29. The molecule has 0 atom stereocenters. The van der Waals surface area contributed by atoms with E-state index in [-0.39, 0.29) is 17.9 Å². The van der Waals surface area contributed by atoms with E-state index in [1.807, 2.05) is 0 Å². The minimum atomic E-state index is -4.72. The van der Waals surface area contributed by atoms with Gasteiger partial charge in [-0.1, -0.05) is 6.07 Å². The Morgan fingerprint density at radius 2 is 2.00 bits per heavy atom. The predicted molar refractivity (Wildman–Crippen MR) is 71.3 cm³/mol. The van der Waals surface area contributed by atoms with Crippen molar-refractivity contribution in [2.45, 2.75) is 13.1 Å². The molecular formula is C14H11F3N2O3. The zero-order chi connectivity index (χ0) is 16.3. The molecule has 8 heteroatoms. The highest BCUT2D eigenvalue weighted by Crippen LogP contribution is 2.34. The van der Waals surface area contributed by atoms with Gasteiger partial charge in [0, 0.05) is 11.6 Å². The van der Waals surface area contributed by atoms with Crippen LogP contribution in [-0.2, 0) is 10.9 Å². The number of aromatic amines is 1. The number of alkyl halides is 3. The fourth-order valence-electron chi connectivity index (χ4n) is 1.83. The number of carbonyl (C=O) groups is 1. The first kappa shape index (κ1) is 15.7. The summed E-state index contributed by atoms with van der Waals surface area (Å²) < 4.78 is 44.0. The summed E-state index contributed by atoms with van der Waals surface area (Å²) in [5, 5.41) is 5.80. The van der Waals surface area contributed by atoms with Gasteiger partial charge < -0.3 is 4.74 Å². The zero-order valence-electron chi connectivity index (χ0n) is 11.4. The van der Waals surface area contributed by atoms with Crippen LogP contribution < -0.4 is 5.56 Å². The largest absolute Gasteiger partial charge is 0.462 e. The molecule has 0 spiro atoms. The molecule has 0 fully saturated rings. The molecule has 0 aliphatic carbocycles. The van der Waals surface area contributed by atoms with Crippen molar-refractivity contribution in [3.8, 4) is 11.3 Å². The maximum absolute atomic E-state index is 13.1. The number of nitrogens with zero attached hydrogens (tertiary/aromatic N) is 1. The van der Waals surface area contributed by atoms with Crippen molar-refractivity contribution in [2.24, 2.45) is 0 Å². The van der Waals surface area contributed by atoms with Gasteiger partial charge in [0.05, 0.1) is 23.4 Å². The maximum Gasteiger partial charge on any atom is 0.417 e. The van der Waals surface area contributed by atoms with Crippen LogP contribution in [0, 0.1) is 0 Å². The van der Waals surface area contributed by atoms with E-state index in [1.165, 1.54) is 19.1 Å². The smallest absolute Gasteiger partial charge is 0.417 e. The van der Waals surface area contributed by atoms with Crippen LogP contribution in [0.5, 0.6) is 0 Å². The van der Waals surface area contributed by atoms with E-state index in [2.05, 4.69) is 14.9 Å². The lowest BCUT2D eigenvalue weighted by Gasteiger charge is -2.13. The van der Waals surface area contributed by atoms with Gasteiger partial charge in [0.1, 0.15) is 0 Å². The van der Waals surface area contributed by atoms with Crippen LogP contribution in [0.1, 0.15) is 22.8 Å². The average Bonchev–Trinajstić information content (AvgIpc) is 2.47. The van der Waals surface area contributed by atoms with Crippen LogP contribution >= 0.6 is 0 Å². The molecule has 5 nitrogen and oxygen atoms in total. The molecule has 0 bridgehead atoms. The molecule has 2 aromatic rings. The molecule has 0 radical (unpaired) electrons. The van der Waals surface area contributed by atoms with Gasteiger partial charge in [0.25, 0.3) is 5.56 Å². The summed E-state index contributed by atoms with van der Waals surface area (Å²) in [7, 11) is 0. The molecule has 0 amide bonds. The first-order chi connectivity index (χ1) is 10.3. The molecule has 116 valence electrons. The SMILES string of the molecule is CCOC(=O)c1ccc(-c2ccc(=O)[nH]n2)cc1C(F)(F)F. The van der Waals surface area contributed by atoms with E-state index >= 15 is 0 Å². The molecule has 0 aliphatic rings. The number of ether oxygens (including phenoxy) is 1. The van der Waals surface area contributed by atoms with E-state index < -0.39 is 28.8 Å². The van der Waals surface area contributed by atoms with Gasteiger partial charge in [0.2, 0.25) is 0 Å². The number of aromatic nitrogens is 2. The number of nitrogens with one attached hydrogen (secondary N) is 1. The van der Waals surface area contributed by atoms with Crippen LogP contribution in [-0.4, -0.2) is 22.8 Å². The zero-order valence-corrected chi connectivity index (χ0v) is 11.4. The van der Waals surface area contributed by atoms with Gasteiger partial charge in [-0.3, -0.25) is 4.79 Å². The fourth-order valence-corrected chi connectivity index (χ4v) is 1.83. The number of halogens is 3. The molecule has 0 aliphatic heterocycles. The summed E-state index contributed by atoms with van der Waals surface area (Å²) in [5.74, 6) is -1.05. The minimum Gasteiger partial charge on any atom is -0.462 e. The highest BCUT2D eigenvalue weighted by molar-refractivity contribution is 5.92. The lowest BCUT2D eigenvalue weighted by Crippen LogP contribution is -2.15. The molecule has 22 heavy (non-hydrogen) atoms. The molecule has 1 heterocycles. The van der Waals surface area contributed by atoms with E-state index in [4.69, 9.17) is 0 Å². The Morgan fingerprint density at radius 1 is 1.27 bits per heavy atom. The Balaban J connectivity index is 2.54. The third-order valence-corrected chi connectivity index (χ3v) is 2.80. The quantitative estimate of drug-likeness (QED) is 0.884. The molecule has 2 rings (SSSR count). The summed E-state index contributed by atoms with van der Waals surface area (Å²) in [5.41, 5.74) is -1.88. The van der Waals surface area contributed by atoms with Crippen molar-refractivity contribution < 1.29 is 22.7 Å². The Bertz CT molecular complexity index is 733. The fraction of sp³-hybridized carbons (Fsp3) is 0.214. The van der Waals surface area contributed by atoms with Crippen molar-refractivity contribution in [2.75, 3.05) is 6.61 Å². The molecule has 1 N–H and O–H groups in total. The van der Waals surface area contributed by atoms with Crippen LogP contribution in [0.2, 0.25) is 0 Å². The number of H-pyrrole nitrogens is 1. The Morgan fingerprint density at radius 3 is 2.55 bits per heavy atom. The van der Waals surface area contributed by atoms with Gasteiger partial charge in [-0.25, -0.2) is 9.89 Å². The van der Waals surface area contributed by atoms with E-state index in [9.17, 15) is 22.8 Å². The number of benzene rings is 1. The van der Waals surface area contributed by atoms with Gasteiger partial charge in [0.15, 0.2) is 0 Å². The second-order valence-electron chi connectivity index (χ2n) is 4.29. The maximum atomic E-state index is 13.1. The van der Waals surface area contributed by atoms with E-state index in [0.29, 0.717) is 0 Å². The Hall–Kier alpha value is -2.64. The summed E-state index contributed by atoms with van der Waals surface area (Å²) in [4.78, 5) is 22.6. The molecule has 0 saturated carbocycles. The van der Waals surface area contributed by atoms with Crippen molar-refractivity contribution in [3.05, 3.63) is 51.8 Å². The van der Waals surface area contributed by atoms with Gasteiger partial charge >= 0.3 is 12.1 Å². The first-order valence-corrected chi connectivity index (χ1v) is 6.27. The highest BCUT2D eigenvalue weighted by Gasteiger charge is 2.36. The van der Waals surface area contributed by atoms with Crippen molar-refractivity contribution >= 4 is 5.97 Å². The normalized spacial score (nSPS) is 11.3. The standard InChI is InChI=1S/C14H11F3N2O3/c1-2-22-13(21)9-4-3-8(7-10(9)14(15,16)17)11-5-6-12(20)19-18-11/h3-7H,2H2,1H3,(H,19,20). The van der Waals surface area contributed by atoms with Crippen molar-refractivity contribution in [1.82, 2.24) is 10.2 Å². The van der Waals surface area contributed by atoms with Gasteiger partial charge in [-0.2, -0.15) is 18.3 Å². The van der Waals surface area contributed by atoms with Crippen molar-refractivity contribution in [3.63, 3.8) is 0 Å². The van der Waals surface area contributed by atoms with Crippen LogP contribution in [0.15, 0.2) is 35.1 Å². The summed E-state index contributed by atoms with van der Waals surface area (Å²) in [6.07, 6.45) is -4.72. The third kappa shape index (κ3) is 3.33. The van der Waals surface area contributed by atoms with Crippen LogP contribution in [0.3, 0.4) is 0 Å². The van der Waals surface area contributed by atoms with Crippen LogP contribution in [0.4, 0.5) is 13.2 Å². The molecule has 0 unspecified atom stereocenters. The first-order valence-electron chi connectivity index (χ1n) is 6.27. The Labute approximate surface area is 122 Å². The van der Waals surface area contributed by atoms with E-state index in [1.54, 1.807) is 0 Å². The molecule has 0 saturated heterocycles. The number of hydrogen-bond donors (Lipinski definition) is 1. The average molecular weight is 312 g/mol. The lowest BCUT2D eigenvalue weighted by atomic mass is 10.0. The highest BCUT2D eigenvalue weighted by atomic mass is 19.4. The number of rotatable bonds is 3.